The highest BCUT2D eigenvalue weighted by Crippen LogP contribution is 2.53. The Morgan fingerprint density at radius 1 is 0.366 bits per heavy atom. The molecule has 228 valence electrons. The molecule has 41 heavy (non-hydrogen) atoms. The van der Waals surface area contributed by atoms with Gasteiger partial charge in [0.25, 0.3) is 0 Å². The van der Waals surface area contributed by atoms with Crippen LogP contribution < -0.4 is 0 Å². The Morgan fingerprint density at radius 2 is 0.561 bits per heavy atom. The van der Waals surface area contributed by atoms with Crippen molar-refractivity contribution in [2.45, 2.75) is 157 Å². The lowest BCUT2D eigenvalue weighted by Gasteiger charge is -2.44. The molecule has 4 radical (unpaired) electrons. The van der Waals surface area contributed by atoms with Gasteiger partial charge < -0.3 is 0 Å². The quantitative estimate of drug-likeness (QED) is 0.353. The van der Waals surface area contributed by atoms with E-state index in [0.29, 0.717) is 0 Å². The van der Waals surface area contributed by atoms with Gasteiger partial charge >= 0.3 is 0 Å². The molecule has 0 spiro atoms. The average molecular weight is 557 g/mol. The third-order valence-electron chi connectivity index (χ3n) is 8.27. The van der Waals surface area contributed by atoms with E-state index in [9.17, 15) is 0 Å². The van der Waals surface area contributed by atoms with Crippen molar-refractivity contribution >= 4 is 0 Å². The molecule has 0 bridgehead atoms. The molecule has 0 atom stereocenters. The normalized spacial score (nSPS) is 14.7. The van der Waals surface area contributed by atoms with Crippen molar-refractivity contribution in [1.29, 1.82) is 0 Å². The van der Waals surface area contributed by atoms with Crippen LogP contribution in [0.25, 0.3) is 0 Å². The molecule has 0 aliphatic carbocycles. The van der Waals surface area contributed by atoms with E-state index < -0.39 is 5.41 Å². The summed E-state index contributed by atoms with van der Waals surface area (Å²) in [6.45, 7) is 56.2. The van der Waals surface area contributed by atoms with Crippen molar-refractivity contribution in [3.05, 3.63) is 95.5 Å². The van der Waals surface area contributed by atoms with Crippen LogP contribution in [0, 0.1) is 32.1 Å². The minimum Gasteiger partial charge on any atom is -0.0561 e. The maximum atomic E-state index is 4.70. The zero-order valence-electron chi connectivity index (χ0n) is 30.4. The molecule has 0 heterocycles. The highest BCUT2D eigenvalue weighted by Gasteiger charge is 2.43. The van der Waals surface area contributed by atoms with Gasteiger partial charge in [-0.2, -0.15) is 0 Å². The first-order chi connectivity index (χ1) is 17.8. The van der Waals surface area contributed by atoms with Crippen LogP contribution in [0.15, 0.2) is 24.3 Å². The molecule has 0 aliphatic rings. The number of hydrogen-bond donors (Lipinski definition) is 0. The Bertz CT molecular complexity index is 1070. The molecule has 0 fully saturated rings. The fourth-order valence-corrected chi connectivity index (χ4v) is 5.71. The molecular formula is C41H64. The number of rotatable bonds is 3. The van der Waals surface area contributed by atoms with Crippen LogP contribution in [0.5, 0.6) is 0 Å². The molecule has 0 nitrogen and oxygen atoms in total. The van der Waals surface area contributed by atoms with Crippen molar-refractivity contribution in [3.8, 4) is 0 Å². The van der Waals surface area contributed by atoms with Gasteiger partial charge in [0, 0.05) is 5.92 Å². The van der Waals surface area contributed by atoms with E-state index in [2.05, 4.69) is 149 Å². The van der Waals surface area contributed by atoms with Crippen LogP contribution in [0.1, 0.15) is 169 Å². The maximum Gasteiger partial charge on any atom is 0.0413 e. The van der Waals surface area contributed by atoms with E-state index in [1.54, 1.807) is 0 Å². The predicted molar refractivity (Wildman–Crippen MR) is 185 cm³/mol. The summed E-state index contributed by atoms with van der Waals surface area (Å²) in [5, 5.41) is 0. The Labute approximate surface area is 257 Å². The molecule has 0 aliphatic heterocycles. The van der Waals surface area contributed by atoms with Gasteiger partial charge in [-0.3, -0.25) is 0 Å². The van der Waals surface area contributed by atoms with Crippen LogP contribution in [0.3, 0.4) is 0 Å². The minimum absolute atomic E-state index is 0.0245. The fourth-order valence-electron chi connectivity index (χ4n) is 5.71. The van der Waals surface area contributed by atoms with Crippen LogP contribution >= 0.6 is 0 Å². The zero-order chi connectivity index (χ0) is 32.5. The molecule has 0 N–H and O–H groups in total. The lowest BCUT2D eigenvalue weighted by molar-refractivity contribution is 0.517. The van der Waals surface area contributed by atoms with Crippen molar-refractivity contribution in [2.24, 2.45) is 5.41 Å². The van der Waals surface area contributed by atoms with E-state index in [0.717, 1.165) is 0 Å². The lowest BCUT2D eigenvalue weighted by atomic mass is 9.59. The van der Waals surface area contributed by atoms with E-state index in [-0.39, 0.29) is 32.5 Å². The molecular weight excluding hydrogens is 492 g/mol. The highest BCUT2D eigenvalue weighted by atomic mass is 14.5. The van der Waals surface area contributed by atoms with E-state index in [1.165, 1.54) is 50.4 Å². The van der Waals surface area contributed by atoms with Crippen LogP contribution in [0.2, 0.25) is 0 Å². The maximum absolute atomic E-state index is 4.70. The molecule has 0 unspecified atom stereocenters. The second-order valence-corrected chi connectivity index (χ2v) is 19.0. The molecule has 0 heteroatoms. The van der Waals surface area contributed by atoms with Crippen LogP contribution in [0.4, 0.5) is 0 Å². The van der Waals surface area contributed by atoms with Crippen molar-refractivity contribution in [2.75, 3.05) is 0 Å². The Morgan fingerprint density at radius 3 is 0.683 bits per heavy atom. The molecule has 0 saturated carbocycles. The Hall–Kier alpha value is -1.56. The predicted octanol–water partition coefficient (Wildman–Crippen LogP) is 11.9. The minimum atomic E-state index is -0.827. The standard InChI is InChI=1S/C41H64/c1-35(2,3)26-22-28(37(7,8)9)32(29(23-26)38(10,11)12)34(41(19,20)21)33-30(39(13,14)15)24-27(36(4,5)6)25-31(33)40(16,17)18/h22-25H,19-21H2,1-18H3. The molecule has 0 saturated heterocycles. The van der Waals surface area contributed by atoms with Crippen molar-refractivity contribution in [1.82, 2.24) is 0 Å². The van der Waals surface area contributed by atoms with Gasteiger partial charge in [0.1, 0.15) is 0 Å². The van der Waals surface area contributed by atoms with Crippen LogP contribution in [-0.4, -0.2) is 0 Å². The van der Waals surface area contributed by atoms with Crippen molar-refractivity contribution < 1.29 is 0 Å². The van der Waals surface area contributed by atoms with Crippen molar-refractivity contribution in [3.63, 3.8) is 0 Å². The molecule has 0 aromatic heterocycles. The summed E-state index contributed by atoms with van der Waals surface area (Å²) in [4.78, 5) is 0. The molecule has 2 aromatic rings. The second-order valence-electron chi connectivity index (χ2n) is 19.0. The summed E-state index contributed by atoms with van der Waals surface area (Å²) >= 11 is 0. The molecule has 0 amide bonds. The number of benzene rings is 2. The summed E-state index contributed by atoms with van der Waals surface area (Å²) in [7, 11) is 0. The third kappa shape index (κ3) is 7.89. The summed E-state index contributed by atoms with van der Waals surface area (Å²) in [6.07, 6.45) is 0. The van der Waals surface area contributed by atoms with Gasteiger partial charge in [-0.25, -0.2) is 0 Å². The SMILES string of the molecule is [CH2]C([CH2])([CH2])[C](c1c(C(C)(C)C)cc(C(C)(C)C)cc1C(C)(C)C)c1c(C(C)(C)C)cc(C(C)(C)C)cc1C(C)(C)C. The van der Waals surface area contributed by atoms with E-state index in [1.807, 2.05) is 0 Å². The van der Waals surface area contributed by atoms with E-state index in [4.69, 9.17) is 20.8 Å². The first-order valence-electron chi connectivity index (χ1n) is 15.6. The average Bonchev–Trinajstić information content (AvgIpc) is 2.67. The van der Waals surface area contributed by atoms with E-state index >= 15 is 0 Å². The molecule has 2 rings (SSSR count). The van der Waals surface area contributed by atoms with Gasteiger partial charge in [-0.1, -0.05) is 149 Å². The second kappa shape index (κ2) is 10.6. The van der Waals surface area contributed by atoms with Gasteiger partial charge in [0.15, 0.2) is 0 Å². The topological polar surface area (TPSA) is 0 Å². The molecule has 2 aromatic carbocycles. The monoisotopic (exact) mass is 557 g/mol. The zero-order valence-corrected chi connectivity index (χ0v) is 30.4. The number of hydrogen-bond acceptors (Lipinski definition) is 0. The summed E-state index contributed by atoms with van der Waals surface area (Å²) in [5.41, 5.74) is 9.57. The first kappa shape index (κ1) is 35.6. The Kier molecular flexibility index (Phi) is 9.18. The van der Waals surface area contributed by atoms with Gasteiger partial charge in [0.05, 0.1) is 0 Å². The first-order valence-corrected chi connectivity index (χ1v) is 15.6. The smallest absolute Gasteiger partial charge is 0.0413 e. The fraction of sp³-hybridized carbons (Fsp3) is 0.610. The Balaban J connectivity index is 3.44. The van der Waals surface area contributed by atoms with Gasteiger partial charge in [0.2, 0.25) is 0 Å². The summed E-state index contributed by atoms with van der Waals surface area (Å²) < 4.78 is 0. The largest absolute Gasteiger partial charge is 0.0561 e. The van der Waals surface area contributed by atoms with Crippen LogP contribution in [-0.2, 0) is 32.5 Å². The third-order valence-corrected chi connectivity index (χ3v) is 8.27. The summed E-state index contributed by atoms with van der Waals surface area (Å²) in [6, 6.07) is 9.86. The lowest BCUT2D eigenvalue weighted by Crippen LogP contribution is -2.35. The summed E-state index contributed by atoms with van der Waals surface area (Å²) in [5.74, 6) is 1.17. The van der Waals surface area contributed by atoms with Gasteiger partial charge in [-0.05, 0) is 103 Å². The van der Waals surface area contributed by atoms with Gasteiger partial charge in [-0.15, -0.1) is 0 Å². The highest BCUT2D eigenvalue weighted by molar-refractivity contribution is 5.67.